The predicted molar refractivity (Wildman–Crippen MR) is 88.9 cm³/mol. The number of hydrazine groups is 1. The number of ether oxygens (including phenoxy) is 2. The molecule has 1 heterocycles. The third kappa shape index (κ3) is 5.58. The molecule has 1 fully saturated rings. The summed E-state index contributed by atoms with van der Waals surface area (Å²) in [6, 6.07) is 7.74. The van der Waals surface area contributed by atoms with Crippen LogP contribution < -0.4 is 20.5 Å². The van der Waals surface area contributed by atoms with Gasteiger partial charge in [0.15, 0.2) is 6.54 Å². The van der Waals surface area contributed by atoms with Crippen molar-refractivity contribution in [3.8, 4) is 5.75 Å². The van der Waals surface area contributed by atoms with E-state index >= 15 is 0 Å². The van der Waals surface area contributed by atoms with Crippen LogP contribution in [0.15, 0.2) is 30.3 Å². The Morgan fingerprint density at radius 1 is 1.26 bits per heavy atom. The van der Waals surface area contributed by atoms with Gasteiger partial charge in [0, 0.05) is 0 Å². The Kier molecular flexibility index (Phi) is 6.90. The highest BCUT2D eigenvalue weighted by molar-refractivity contribution is 5.78. The van der Waals surface area contributed by atoms with Crippen molar-refractivity contribution in [3.63, 3.8) is 0 Å². The van der Waals surface area contributed by atoms with Crippen LogP contribution in [0.2, 0.25) is 0 Å². The van der Waals surface area contributed by atoms with Gasteiger partial charge in [0.25, 0.3) is 5.91 Å². The summed E-state index contributed by atoms with van der Waals surface area (Å²) in [4.78, 5) is 13.3. The molecule has 0 saturated carbocycles. The van der Waals surface area contributed by atoms with Crippen LogP contribution in [0, 0.1) is 0 Å². The van der Waals surface area contributed by atoms with Crippen molar-refractivity contribution in [1.29, 1.82) is 0 Å². The molecule has 0 unspecified atom stereocenters. The van der Waals surface area contributed by atoms with Crippen LogP contribution in [-0.2, 0) is 9.53 Å². The Hall–Kier alpha value is -2.05. The molecule has 0 spiro atoms. The highest BCUT2D eigenvalue weighted by atomic mass is 16.5. The Bertz CT molecular complexity index is 522. The fraction of sp³-hybridized carbons (Fsp3) is 0.471. The van der Waals surface area contributed by atoms with E-state index in [0.29, 0.717) is 6.54 Å². The quantitative estimate of drug-likeness (QED) is 0.618. The summed E-state index contributed by atoms with van der Waals surface area (Å²) in [5, 5.41) is 0. The zero-order chi connectivity index (χ0) is 16.5. The molecule has 0 aliphatic carbocycles. The molecule has 0 aromatic heterocycles. The van der Waals surface area contributed by atoms with Gasteiger partial charge >= 0.3 is 0 Å². The molecule has 1 aromatic carbocycles. The van der Waals surface area contributed by atoms with Crippen LogP contribution in [0.1, 0.15) is 18.9 Å². The molecule has 6 heteroatoms. The summed E-state index contributed by atoms with van der Waals surface area (Å²) in [6.45, 7) is 5.72. The van der Waals surface area contributed by atoms with E-state index in [-0.39, 0.29) is 5.91 Å². The van der Waals surface area contributed by atoms with Gasteiger partial charge in [0.05, 0.1) is 26.0 Å². The van der Waals surface area contributed by atoms with E-state index < -0.39 is 0 Å². The van der Waals surface area contributed by atoms with E-state index in [1.54, 1.807) is 7.11 Å². The summed E-state index contributed by atoms with van der Waals surface area (Å²) >= 11 is 0. The van der Waals surface area contributed by atoms with Gasteiger partial charge in [0.2, 0.25) is 0 Å². The summed E-state index contributed by atoms with van der Waals surface area (Å²) in [7, 11) is 1.64. The van der Waals surface area contributed by atoms with Gasteiger partial charge in [-0.1, -0.05) is 13.0 Å². The molecule has 1 amide bonds. The minimum atomic E-state index is -0.0163. The molecule has 0 bridgehead atoms. The number of nitrogens with one attached hydrogen (secondary N) is 3. The number of quaternary nitrogens is 1. The third-order valence-corrected chi connectivity index (χ3v) is 3.76. The molecule has 23 heavy (non-hydrogen) atoms. The molecule has 3 N–H and O–H groups in total. The number of amides is 1. The second-order valence-corrected chi connectivity index (χ2v) is 5.47. The lowest BCUT2D eigenvalue weighted by atomic mass is 10.1. The van der Waals surface area contributed by atoms with Crippen molar-refractivity contribution in [2.45, 2.75) is 13.3 Å². The molecular formula is C17H26N3O3+. The molecule has 0 radical (unpaired) electrons. The number of methoxy groups -OCH3 is 1. The summed E-state index contributed by atoms with van der Waals surface area (Å²) in [6.07, 6.45) is 2.92. The molecular weight excluding hydrogens is 294 g/mol. The number of carbonyl (C=O) groups is 1. The lowest BCUT2D eigenvalue weighted by molar-refractivity contribution is -0.900. The fourth-order valence-electron chi connectivity index (χ4n) is 2.46. The molecule has 2 rings (SSSR count). The van der Waals surface area contributed by atoms with Crippen LogP contribution in [0.3, 0.4) is 0 Å². The number of hydrogen-bond donors (Lipinski definition) is 3. The van der Waals surface area contributed by atoms with Gasteiger partial charge in [-0.15, -0.1) is 0 Å². The van der Waals surface area contributed by atoms with E-state index in [4.69, 9.17) is 9.47 Å². The lowest BCUT2D eigenvalue weighted by Crippen LogP contribution is -3.15. The molecule has 6 nitrogen and oxygen atoms in total. The van der Waals surface area contributed by atoms with Crippen LogP contribution in [-0.4, -0.2) is 45.9 Å². The minimum Gasteiger partial charge on any atom is -0.497 e. The van der Waals surface area contributed by atoms with Gasteiger partial charge in [-0.2, -0.15) is 0 Å². The normalized spacial score (nSPS) is 16.0. The molecule has 1 saturated heterocycles. The fourth-order valence-corrected chi connectivity index (χ4v) is 2.46. The first kappa shape index (κ1) is 17.3. The van der Waals surface area contributed by atoms with E-state index in [2.05, 4.69) is 17.8 Å². The first-order valence-corrected chi connectivity index (χ1v) is 8.03. The maximum Gasteiger partial charge on any atom is 0.293 e. The number of hydrogen-bond acceptors (Lipinski definition) is 4. The number of allylic oxidation sites excluding steroid dienone is 1. The largest absolute Gasteiger partial charge is 0.497 e. The smallest absolute Gasteiger partial charge is 0.293 e. The van der Waals surface area contributed by atoms with Crippen LogP contribution in [0.4, 0.5) is 0 Å². The maximum atomic E-state index is 12.1. The molecule has 1 aliphatic rings. The number of carbonyl (C=O) groups excluding carboxylic acids is 1. The van der Waals surface area contributed by atoms with E-state index in [1.165, 1.54) is 4.90 Å². The monoisotopic (exact) mass is 320 g/mol. The second-order valence-electron chi connectivity index (χ2n) is 5.47. The van der Waals surface area contributed by atoms with Gasteiger partial charge < -0.3 is 14.4 Å². The van der Waals surface area contributed by atoms with Gasteiger partial charge in [-0.05, 0) is 36.2 Å². The van der Waals surface area contributed by atoms with Crippen molar-refractivity contribution in [2.24, 2.45) is 0 Å². The molecule has 1 aromatic rings. The van der Waals surface area contributed by atoms with Gasteiger partial charge in [-0.3, -0.25) is 15.6 Å². The van der Waals surface area contributed by atoms with Crippen LogP contribution >= 0.6 is 0 Å². The maximum absolute atomic E-state index is 12.1. The van der Waals surface area contributed by atoms with Crippen molar-refractivity contribution >= 4 is 11.6 Å². The molecule has 1 aliphatic heterocycles. The Morgan fingerprint density at radius 2 is 1.96 bits per heavy atom. The van der Waals surface area contributed by atoms with Crippen molar-refractivity contribution in [2.75, 3.05) is 40.0 Å². The highest BCUT2D eigenvalue weighted by Crippen LogP contribution is 2.16. The average molecular weight is 320 g/mol. The van der Waals surface area contributed by atoms with Gasteiger partial charge in [-0.25, -0.2) is 0 Å². The number of benzene rings is 1. The summed E-state index contributed by atoms with van der Waals surface area (Å²) in [5.41, 5.74) is 7.73. The molecule has 126 valence electrons. The minimum absolute atomic E-state index is 0.0163. The second kappa shape index (κ2) is 9.17. The van der Waals surface area contributed by atoms with Crippen LogP contribution in [0.5, 0.6) is 5.75 Å². The van der Waals surface area contributed by atoms with E-state index in [1.807, 2.05) is 30.3 Å². The standard InChI is InChI=1S/C17H25N3O3/c1-3-4-16(14-5-7-15(22-2)8-6-14)18-19-17(21)13-20-9-11-23-12-10-20/h4-8,18H,3,9-13H2,1-2H3,(H,19,21)/p+1/b16-4+. The highest BCUT2D eigenvalue weighted by Gasteiger charge is 2.17. The first-order chi connectivity index (χ1) is 11.2. The van der Waals surface area contributed by atoms with E-state index in [0.717, 1.165) is 49.7 Å². The van der Waals surface area contributed by atoms with Gasteiger partial charge in [0.1, 0.15) is 18.8 Å². The van der Waals surface area contributed by atoms with Crippen molar-refractivity contribution < 1.29 is 19.2 Å². The van der Waals surface area contributed by atoms with Crippen molar-refractivity contribution in [1.82, 2.24) is 10.9 Å². The average Bonchev–Trinajstić information content (AvgIpc) is 2.59. The Labute approximate surface area is 137 Å². The van der Waals surface area contributed by atoms with Crippen molar-refractivity contribution in [3.05, 3.63) is 35.9 Å². The summed E-state index contributed by atoms with van der Waals surface area (Å²) in [5.74, 6) is 0.793. The van der Waals surface area contributed by atoms with Crippen LogP contribution in [0.25, 0.3) is 5.70 Å². The number of rotatable bonds is 7. The lowest BCUT2D eigenvalue weighted by Gasteiger charge is -2.23. The van der Waals surface area contributed by atoms with E-state index in [9.17, 15) is 4.79 Å². The number of morpholine rings is 1. The zero-order valence-electron chi connectivity index (χ0n) is 13.9. The Balaban J connectivity index is 1.88. The Morgan fingerprint density at radius 3 is 2.57 bits per heavy atom. The SMILES string of the molecule is CC/C=C(/NNC(=O)C[NH+]1CCOCC1)c1ccc(OC)cc1. The summed E-state index contributed by atoms with van der Waals surface area (Å²) < 4.78 is 10.5. The zero-order valence-corrected chi connectivity index (χ0v) is 13.9. The topological polar surface area (TPSA) is 64.0 Å². The first-order valence-electron chi connectivity index (χ1n) is 8.03. The molecule has 0 atom stereocenters. The third-order valence-electron chi connectivity index (χ3n) is 3.76. The predicted octanol–water partition coefficient (Wildman–Crippen LogP) is -0.0180.